The number of nitrogens with zero attached hydrogens (tertiary/aromatic N) is 4. The van der Waals surface area contributed by atoms with Gasteiger partial charge in [0.15, 0.2) is 10.8 Å². The molecule has 3 aromatic rings. The molecule has 1 saturated heterocycles. The maximum absolute atomic E-state index is 11.1. The van der Waals surface area contributed by atoms with Crippen LogP contribution in [0.1, 0.15) is 25.1 Å². The van der Waals surface area contributed by atoms with E-state index in [0.717, 1.165) is 29.8 Å². The number of pyridine rings is 2. The van der Waals surface area contributed by atoms with Crippen molar-refractivity contribution >= 4 is 33.4 Å². The summed E-state index contributed by atoms with van der Waals surface area (Å²) in [6.45, 7) is 5.32. The molecular weight excluding hydrogens is 362 g/mol. The summed E-state index contributed by atoms with van der Waals surface area (Å²) in [4.78, 5) is 27.7. The summed E-state index contributed by atoms with van der Waals surface area (Å²) in [7, 11) is 0. The van der Waals surface area contributed by atoms with E-state index in [1.54, 1.807) is 6.20 Å². The quantitative estimate of drug-likeness (QED) is 0.729. The molecule has 1 aliphatic rings. The molecule has 0 bridgehead atoms. The molecule has 1 N–H and O–H groups in total. The first-order chi connectivity index (χ1) is 13.1. The van der Waals surface area contributed by atoms with E-state index in [1.165, 1.54) is 18.3 Å². The highest BCUT2D eigenvalue weighted by molar-refractivity contribution is 7.15. The van der Waals surface area contributed by atoms with Crippen molar-refractivity contribution in [1.29, 1.82) is 0 Å². The van der Waals surface area contributed by atoms with Crippen LogP contribution >= 0.6 is 11.3 Å². The minimum atomic E-state index is -0.101. The lowest BCUT2D eigenvalue weighted by Crippen LogP contribution is -2.27. The van der Waals surface area contributed by atoms with Gasteiger partial charge in [-0.3, -0.25) is 9.69 Å². The van der Waals surface area contributed by atoms with Crippen molar-refractivity contribution in [3.63, 3.8) is 0 Å². The zero-order valence-corrected chi connectivity index (χ0v) is 16.1. The van der Waals surface area contributed by atoms with Gasteiger partial charge in [0.1, 0.15) is 6.10 Å². The van der Waals surface area contributed by atoms with Gasteiger partial charge < -0.3 is 10.1 Å². The number of thiazole rings is 1. The van der Waals surface area contributed by atoms with E-state index in [9.17, 15) is 4.79 Å². The topological polar surface area (TPSA) is 80.2 Å². The van der Waals surface area contributed by atoms with Crippen LogP contribution in [0.5, 0.6) is 5.88 Å². The van der Waals surface area contributed by atoms with Crippen molar-refractivity contribution in [1.82, 2.24) is 19.9 Å². The first-order valence-corrected chi connectivity index (χ1v) is 9.73. The van der Waals surface area contributed by atoms with Gasteiger partial charge in [-0.05, 0) is 25.1 Å². The van der Waals surface area contributed by atoms with E-state index in [1.807, 2.05) is 30.5 Å². The minimum Gasteiger partial charge on any atom is -0.473 e. The van der Waals surface area contributed by atoms with Crippen molar-refractivity contribution in [3.05, 3.63) is 41.5 Å². The van der Waals surface area contributed by atoms with E-state index in [-0.39, 0.29) is 12.0 Å². The van der Waals surface area contributed by atoms with Crippen LogP contribution in [0.3, 0.4) is 0 Å². The van der Waals surface area contributed by atoms with Gasteiger partial charge in [0, 0.05) is 61.2 Å². The third-order valence-electron chi connectivity index (χ3n) is 4.59. The zero-order valence-electron chi connectivity index (χ0n) is 15.3. The molecule has 140 valence electrons. The molecule has 0 saturated carbocycles. The monoisotopic (exact) mass is 383 g/mol. The number of carbonyl (C=O) groups excluding carboxylic acids is 1. The fourth-order valence-corrected chi connectivity index (χ4v) is 4.20. The molecule has 4 rings (SSSR count). The normalized spacial score (nSPS) is 20.1. The molecule has 0 unspecified atom stereocenters. The number of ether oxygens (including phenoxy) is 1. The Kier molecular flexibility index (Phi) is 5.00. The summed E-state index contributed by atoms with van der Waals surface area (Å²) in [6, 6.07) is 8.18. The summed E-state index contributed by atoms with van der Waals surface area (Å²) >= 11 is 1.51. The standard InChI is InChI=1S/C19H21N5O2S/c1-12-8-15(26-17-6-5-14-4-3-7-20-18(14)23-17)10-24(12)11-16-9-21-19(27-16)22-13(2)25/h3-7,9,12,15H,8,10-11H2,1-2H3,(H,21,22,25)/t12-,15+/m0/s1. The highest BCUT2D eigenvalue weighted by Gasteiger charge is 2.31. The van der Waals surface area contributed by atoms with Crippen LogP contribution in [-0.2, 0) is 11.3 Å². The van der Waals surface area contributed by atoms with Gasteiger partial charge in [0.2, 0.25) is 11.8 Å². The average molecular weight is 383 g/mol. The van der Waals surface area contributed by atoms with E-state index < -0.39 is 0 Å². The van der Waals surface area contributed by atoms with Crippen molar-refractivity contribution in [2.45, 2.75) is 39.0 Å². The smallest absolute Gasteiger partial charge is 0.223 e. The van der Waals surface area contributed by atoms with Crippen molar-refractivity contribution in [2.24, 2.45) is 0 Å². The average Bonchev–Trinajstić information content (AvgIpc) is 3.21. The Labute approximate surface area is 161 Å². The van der Waals surface area contributed by atoms with Crippen molar-refractivity contribution < 1.29 is 9.53 Å². The van der Waals surface area contributed by atoms with Gasteiger partial charge in [0.25, 0.3) is 0 Å². The minimum absolute atomic E-state index is 0.0939. The Morgan fingerprint density at radius 3 is 3.11 bits per heavy atom. The van der Waals surface area contributed by atoms with Crippen molar-refractivity contribution in [3.8, 4) is 5.88 Å². The summed E-state index contributed by atoms with van der Waals surface area (Å²) < 4.78 is 6.12. The van der Waals surface area contributed by atoms with Crippen LogP contribution in [0.15, 0.2) is 36.7 Å². The number of nitrogens with one attached hydrogen (secondary N) is 1. The fraction of sp³-hybridized carbons (Fsp3) is 0.368. The highest BCUT2D eigenvalue weighted by atomic mass is 32.1. The van der Waals surface area contributed by atoms with E-state index in [0.29, 0.717) is 22.7 Å². The molecule has 4 heterocycles. The Balaban J connectivity index is 1.38. The fourth-order valence-electron chi connectivity index (χ4n) is 3.31. The predicted molar refractivity (Wildman–Crippen MR) is 105 cm³/mol. The number of amides is 1. The molecule has 0 aliphatic carbocycles. The van der Waals surface area contributed by atoms with E-state index in [4.69, 9.17) is 4.74 Å². The maximum Gasteiger partial charge on any atom is 0.223 e. The van der Waals surface area contributed by atoms with Crippen LogP contribution < -0.4 is 10.1 Å². The van der Waals surface area contributed by atoms with Gasteiger partial charge in [0.05, 0.1) is 0 Å². The lowest BCUT2D eigenvalue weighted by molar-refractivity contribution is -0.114. The Hall–Kier alpha value is -2.58. The van der Waals surface area contributed by atoms with Gasteiger partial charge in [-0.15, -0.1) is 11.3 Å². The Morgan fingerprint density at radius 1 is 1.37 bits per heavy atom. The predicted octanol–water partition coefficient (Wildman–Crippen LogP) is 3.09. The molecule has 1 fully saturated rings. The van der Waals surface area contributed by atoms with E-state index >= 15 is 0 Å². The molecule has 1 aliphatic heterocycles. The van der Waals surface area contributed by atoms with Crippen molar-refractivity contribution in [2.75, 3.05) is 11.9 Å². The zero-order chi connectivity index (χ0) is 18.8. The Bertz CT molecular complexity index is 960. The lowest BCUT2D eigenvalue weighted by atomic mass is 10.2. The summed E-state index contributed by atoms with van der Waals surface area (Å²) in [5, 5.41) is 4.38. The number of hydrogen-bond donors (Lipinski definition) is 1. The molecule has 1 amide bonds. The van der Waals surface area contributed by atoms with Gasteiger partial charge in [-0.25, -0.2) is 9.97 Å². The molecule has 2 atom stereocenters. The second-order valence-corrected chi connectivity index (χ2v) is 7.88. The number of likely N-dealkylation sites (tertiary alicyclic amines) is 1. The molecule has 3 aromatic heterocycles. The molecule has 0 radical (unpaired) electrons. The molecule has 27 heavy (non-hydrogen) atoms. The number of carbonyl (C=O) groups is 1. The van der Waals surface area contributed by atoms with Gasteiger partial charge >= 0.3 is 0 Å². The van der Waals surface area contributed by atoms with Gasteiger partial charge in [-0.2, -0.15) is 4.98 Å². The maximum atomic E-state index is 11.1. The molecule has 0 spiro atoms. The van der Waals surface area contributed by atoms with Crippen LogP contribution in [0, 0.1) is 0 Å². The van der Waals surface area contributed by atoms with E-state index in [2.05, 4.69) is 32.1 Å². The largest absolute Gasteiger partial charge is 0.473 e. The Morgan fingerprint density at radius 2 is 2.26 bits per heavy atom. The number of aromatic nitrogens is 3. The lowest BCUT2D eigenvalue weighted by Gasteiger charge is -2.19. The highest BCUT2D eigenvalue weighted by Crippen LogP contribution is 2.27. The second kappa shape index (κ2) is 7.58. The summed E-state index contributed by atoms with van der Waals surface area (Å²) in [5.74, 6) is 0.516. The van der Waals surface area contributed by atoms with Crippen LogP contribution in [0.25, 0.3) is 11.0 Å². The third-order valence-corrected chi connectivity index (χ3v) is 5.48. The first kappa shape index (κ1) is 17.8. The number of hydrogen-bond acceptors (Lipinski definition) is 7. The molecule has 0 aromatic carbocycles. The van der Waals surface area contributed by atoms with Crippen LogP contribution in [0.4, 0.5) is 5.13 Å². The second-order valence-electron chi connectivity index (χ2n) is 6.77. The number of fused-ring (bicyclic) bond motifs is 1. The SMILES string of the molecule is CC(=O)Nc1ncc(CN2C[C@H](Oc3ccc4cccnc4n3)C[C@@H]2C)s1. The van der Waals surface area contributed by atoms with Crippen LogP contribution in [-0.4, -0.2) is 44.4 Å². The number of anilines is 1. The molecular formula is C19H21N5O2S. The third kappa shape index (κ3) is 4.23. The molecule has 7 nitrogen and oxygen atoms in total. The van der Waals surface area contributed by atoms with Crippen LogP contribution in [0.2, 0.25) is 0 Å². The molecule has 8 heteroatoms. The number of rotatable bonds is 5. The first-order valence-electron chi connectivity index (χ1n) is 8.91. The van der Waals surface area contributed by atoms with Gasteiger partial charge in [-0.1, -0.05) is 0 Å². The summed E-state index contributed by atoms with van der Waals surface area (Å²) in [5.41, 5.74) is 0.702. The summed E-state index contributed by atoms with van der Waals surface area (Å²) in [6.07, 6.45) is 4.60.